The van der Waals surface area contributed by atoms with E-state index in [0.717, 1.165) is 17.7 Å². The highest BCUT2D eigenvalue weighted by atomic mass is 16.5. The lowest BCUT2D eigenvalue weighted by atomic mass is 9.99. The van der Waals surface area contributed by atoms with Gasteiger partial charge < -0.3 is 20.1 Å². The van der Waals surface area contributed by atoms with Gasteiger partial charge in [-0.15, -0.1) is 0 Å². The Morgan fingerprint density at radius 2 is 2.09 bits per heavy atom. The molecule has 23 heavy (non-hydrogen) atoms. The third-order valence-corrected chi connectivity index (χ3v) is 3.96. The van der Waals surface area contributed by atoms with Crippen LogP contribution >= 0.6 is 0 Å². The normalized spacial score (nSPS) is 19.0. The largest absolute Gasteiger partial charge is 0.489 e. The molecule has 1 fully saturated rings. The van der Waals surface area contributed by atoms with Gasteiger partial charge in [-0.2, -0.15) is 0 Å². The van der Waals surface area contributed by atoms with E-state index < -0.39 is 11.9 Å². The zero-order valence-electron chi connectivity index (χ0n) is 13.6. The fourth-order valence-electron chi connectivity index (χ4n) is 2.60. The maximum Gasteiger partial charge on any atom is 0.317 e. The summed E-state index contributed by atoms with van der Waals surface area (Å²) in [6.45, 7) is 5.14. The summed E-state index contributed by atoms with van der Waals surface area (Å²) in [6.07, 6.45) is 1.19. The molecule has 6 nitrogen and oxygen atoms in total. The number of aryl methyl sites for hydroxylation is 1. The van der Waals surface area contributed by atoms with Gasteiger partial charge in [0.25, 0.3) is 0 Å². The van der Waals surface area contributed by atoms with E-state index in [1.54, 1.807) is 4.90 Å². The number of urea groups is 1. The quantitative estimate of drug-likeness (QED) is 0.872. The van der Waals surface area contributed by atoms with Crippen LogP contribution < -0.4 is 10.1 Å². The fourth-order valence-corrected chi connectivity index (χ4v) is 2.60. The number of hydrogen-bond acceptors (Lipinski definition) is 3. The molecule has 1 heterocycles. The van der Waals surface area contributed by atoms with Crippen molar-refractivity contribution < 1.29 is 19.4 Å². The second kappa shape index (κ2) is 7.85. The number of hydrogen-bond donors (Lipinski definition) is 2. The third kappa shape index (κ3) is 5.16. The van der Waals surface area contributed by atoms with Gasteiger partial charge in [0.2, 0.25) is 0 Å². The Morgan fingerprint density at radius 3 is 2.74 bits per heavy atom. The minimum atomic E-state index is -0.835. The summed E-state index contributed by atoms with van der Waals surface area (Å²) in [7, 11) is 0. The number of ether oxygens (including phenoxy) is 1. The summed E-state index contributed by atoms with van der Waals surface area (Å²) in [5.41, 5.74) is 1.16. The van der Waals surface area contributed by atoms with Crippen molar-refractivity contribution in [3.05, 3.63) is 29.8 Å². The molecule has 0 aromatic heterocycles. The van der Waals surface area contributed by atoms with Crippen molar-refractivity contribution >= 4 is 12.0 Å². The van der Waals surface area contributed by atoms with Crippen LogP contribution in [0.15, 0.2) is 24.3 Å². The number of aliphatic carboxylic acids is 1. The zero-order valence-corrected chi connectivity index (χ0v) is 13.6. The van der Waals surface area contributed by atoms with Crippen molar-refractivity contribution in [2.45, 2.75) is 32.8 Å². The zero-order chi connectivity index (χ0) is 16.8. The summed E-state index contributed by atoms with van der Waals surface area (Å²) in [5, 5.41) is 11.9. The first-order valence-electron chi connectivity index (χ1n) is 7.94. The predicted molar refractivity (Wildman–Crippen MR) is 86.6 cm³/mol. The number of nitrogens with one attached hydrogen (secondary N) is 1. The number of carbonyl (C=O) groups excluding carboxylic acids is 1. The van der Waals surface area contributed by atoms with E-state index in [4.69, 9.17) is 9.84 Å². The number of carboxylic acid groups (broad SMARTS) is 1. The molecule has 2 amide bonds. The van der Waals surface area contributed by atoms with Gasteiger partial charge in [0.15, 0.2) is 0 Å². The SMILES string of the molecule is Cc1ccc(OC(C)CNC(=O)N2CCCC(C(=O)O)C2)cc1. The van der Waals surface area contributed by atoms with Crippen LogP contribution in [0, 0.1) is 12.8 Å². The molecule has 1 aromatic rings. The average Bonchev–Trinajstić information content (AvgIpc) is 2.55. The van der Waals surface area contributed by atoms with Crippen molar-refractivity contribution in [3.8, 4) is 5.75 Å². The van der Waals surface area contributed by atoms with Crippen LogP contribution in [-0.4, -0.2) is 47.7 Å². The number of amides is 2. The van der Waals surface area contributed by atoms with E-state index in [2.05, 4.69) is 5.32 Å². The monoisotopic (exact) mass is 320 g/mol. The van der Waals surface area contributed by atoms with E-state index >= 15 is 0 Å². The molecule has 6 heteroatoms. The molecule has 1 aliphatic heterocycles. The van der Waals surface area contributed by atoms with E-state index in [1.807, 2.05) is 38.1 Å². The van der Waals surface area contributed by atoms with E-state index in [9.17, 15) is 9.59 Å². The lowest BCUT2D eigenvalue weighted by Gasteiger charge is -2.31. The first-order chi connectivity index (χ1) is 11.0. The first-order valence-corrected chi connectivity index (χ1v) is 7.94. The minimum absolute atomic E-state index is 0.165. The van der Waals surface area contributed by atoms with Gasteiger partial charge >= 0.3 is 12.0 Å². The van der Waals surface area contributed by atoms with Crippen LogP contribution in [-0.2, 0) is 4.79 Å². The van der Waals surface area contributed by atoms with Gasteiger partial charge in [-0.05, 0) is 38.8 Å². The molecule has 126 valence electrons. The van der Waals surface area contributed by atoms with Crippen molar-refractivity contribution in [3.63, 3.8) is 0 Å². The molecule has 2 N–H and O–H groups in total. The Morgan fingerprint density at radius 1 is 1.39 bits per heavy atom. The number of carboxylic acids is 1. The summed E-state index contributed by atoms with van der Waals surface area (Å²) in [4.78, 5) is 24.7. The van der Waals surface area contributed by atoms with Crippen molar-refractivity contribution in [1.29, 1.82) is 0 Å². The molecular formula is C17H24N2O4. The summed E-state index contributed by atoms with van der Waals surface area (Å²) in [5.74, 6) is -0.532. The van der Waals surface area contributed by atoms with Gasteiger partial charge in [-0.1, -0.05) is 17.7 Å². The predicted octanol–water partition coefficient (Wildman–Crippen LogP) is 2.27. The number of carbonyl (C=O) groups is 2. The lowest BCUT2D eigenvalue weighted by molar-refractivity contribution is -0.143. The Bertz CT molecular complexity index is 544. The summed E-state index contributed by atoms with van der Waals surface area (Å²) >= 11 is 0. The van der Waals surface area contributed by atoms with Gasteiger partial charge in [0.05, 0.1) is 12.5 Å². The van der Waals surface area contributed by atoms with Crippen LogP contribution in [0.5, 0.6) is 5.75 Å². The fraction of sp³-hybridized carbons (Fsp3) is 0.529. The maximum absolute atomic E-state index is 12.1. The van der Waals surface area contributed by atoms with Crippen LogP contribution in [0.3, 0.4) is 0 Å². The highest BCUT2D eigenvalue weighted by molar-refractivity contribution is 5.76. The maximum atomic E-state index is 12.1. The highest BCUT2D eigenvalue weighted by Gasteiger charge is 2.28. The number of nitrogens with zero attached hydrogens (tertiary/aromatic N) is 1. The van der Waals surface area contributed by atoms with E-state index in [0.29, 0.717) is 19.5 Å². The molecule has 0 radical (unpaired) electrons. The molecule has 0 spiro atoms. The molecule has 1 aromatic carbocycles. The van der Waals surface area contributed by atoms with E-state index in [-0.39, 0.29) is 18.7 Å². The Kier molecular flexibility index (Phi) is 5.84. The third-order valence-electron chi connectivity index (χ3n) is 3.96. The second-order valence-electron chi connectivity index (χ2n) is 6.05. The molecule has 2 atom stereocenters. The van der Waals surface area contributed by atoms with Gasteiger partial charge in [-0.25, -0.2) is 4.79 Å². The lowest BCUT2D eigenvalue weighted by Crippen LogP contribution is -2.48. The summed E-state index contributed by atoms with van der Waals surface area (Å²) < 4.78 is 5.74. The number of rotatable bonds is 5. The number of piperidine rings is 1. The molecular weight excluding hydrogens is 296 g/mol. The second-order valence-corrected chi connectivity index (χ2v) is 6.05. The Hall–Kier alpha value is -2.24. The topological polar surface area (TPSA) is 78.9 Å². The molecule has 2 rings (SSSR count). The molecule has 0 saturated carbocycles. The number of benzene rings is 1. The first kappa shape index (κ1) is 17.1. The average molecular weight is 320 g/mol. The van der Waals surface area contributed by atoms with Gasteiger partial charge in [-0.3, -0.25) is 4.79 Å². The Labute approximate surface area is 136 Å². The van der Waals surface area contributed by atoms with E-state index in [1.165, 1.54) is 0 Å². The summed E-state index contributed by atoms with van der Waals surface area (Å²) in [6, 6.07) is 7.52. The van der Waals surface area contributed by atoms with Crippen molar-refractivity contribution in [2.24, 2.45) is 5.92 Å². The smallest absolute Gasteiger partial charge is 0.317 e. The Balaban J connectivity index is 1.77. The number of likely N-dealkylation sites (tertiary alicyclic amines) is 1. The van der Waals surface area contributed by atoms with Crippen LogP contribution in [0.2, 0.25) is 0 Å². The highest BCUT2D eigenvalue weighted by Crippen LogP contribution is 2.17. The molecule has 0 bridgehead atoms. The van der Waals surface area contributed by atoms with Gasteiger partial charge in [0.1, 0.15) is 11.9 Å². The van der Waals surface area contributed by atoms with Crippen molar-refractivity contribution in [2.75, 3.05) is 19.6 Å². The molecule has 0 aliphatic carbocycles. The molecule has 1 saturated heterocycles. The van der Waals surface area contributed by atoms with Crippen LogP contribution in [0.25, 0.3) is 0 Å². The molecule has 1 aliphatic rings. The minimum Gasteiger partial charge on any atom is -0.489 e. The van der Waals surface area contributed by atoms with Crippen molar-refractivity contribution in [1.82, 2.24) is 10.2 Å². The van der Waals surface area contributed by atoms with Crippen LogP contribution in [0.1, 0.15) is 25.3 Å². The van der Waals surface area contributed by atoms with Gasteiger partial charge in [0, 0.05) is 13.1 Å². The standard InChI is InChI=1S/C17H24N2O4/c1-12-5-7-15(8-6-12)23-13(2)10-18-17(22)19-9-3-4-14(11-19)16(20)21/h5-8,13-14H,3-4,9-11H2,1-2H3,(H,18,22)(H,20,21). The molecule has 2 unspecified atom stereocenters. The van der Waals surface area contributed by atoms with Crippen LogP contribution in [0.4, 0.5) is 4.79 Å².